The van der Waals surface area contributed by atoms with Crippen LogP contribution in [0.1, 0.15) is 74.0 Å². The van der Waals surface area contributed by atoms with Gasteiger partial charge in [-0.1, -0.05) is 24.3 Å². The van der Waals surface area contributed by atoms with Gasteiger partial charge in [0.1, 0.15) is 11.2 Å². The Morgan fingerprint density at radius 1 is 1.10 bits per heavy atom. The van der Waals surface area contributed by atoms with Gasteiger partial charge in [0.25, 0.3) is 0 Å². The van der Waals surface area contributed by atoms with E-state index in [-0.39, 0.29) is 18.7 Å². The molecule has 214 valence electrons. The Bertz CT molecular complexity index is 1190. The summed E-state index contributed by atoms with van der Waals surface area (Å²) in [6.45, 7) is 7.91. The van der Waals surface area contributed by atoms with Crippen LogP contribution in [-0.4, -0.2) is 53.9 Å². The molecule has 0 aliphatic carbocycles. The molecule has 2 aromatic rings. The summed E-state index contributed by atoms with van der Waals surface area (Å²) in [6.07, 6.45) is -3.03. The van der Waals surface area contributed by atoms with E-state index in [1.165, 1.54) is 11.0 Å². The first-order valence-corrected chi connectivity index (χ1v) is 13.0. The summed E-state index contributed by atoms with van der Waals surface area (Å²) in [7, 11) is 1.58. The van der Waals surface area contributed by atoms with E-state index in [9.17, 15) is 27.9 Å². The number of hydrogen-bond donors (Lipinski definition) is 1. The second-order valence-electron chi connectivity index (χ2n) is 11.6. The molecule has 0 bridgehead atoms. The fourth-order valence-corrected chi connectivity index (χ4v) is 5.43. The van der Waals surface area contributed by atoms with Gasteiger partial charge in [-0.25, -0.2) is 4.79 Å². The number of carbonyl (C=O) groups excluding carboxylic acids is 1. The van der Waals surface area contributed by atoms with Crippen LogP contribution in [0.25, 0.3) is 0 Å². The first-order valence-electron chi connectivity index (χ1n) is 13.0. The standard InChI is InChI=1S/C30H38F3NO5/c1-20-17-21(7-12-24(20)25(35)36)18-34(26(37)28(4,5)30(31,32)33)15-13-29(14-16-39-27(2,3)19-29)22-8-10-23(38-6)11-9-22/h7-12,17H,13-16,18-19H2,1-6H3,(H,35,36). The minimum atomic E-state index is -4.74. The van der Waals surface area contributed by atoms with Crippen molar-refractivity contribution in [2.45, 2.75) is 77.6 Å². The number of carboxylic acids is 1. The topological polar surface area (TPSA) is 76.1 Å². The molecule has 0 radical (unpaired) electrons. The molecular weight excluding hydrogens is 511 g/mol. The van der Waals surface area contributed by atoms with Gasteiger partial charge < -0.3 is 19.5 Å². The van der Waals surface area contributed by atoms with Crippen molar-refractivity contribution in [2.24, 2.45) is 5.41 Å². The fourth-order valence-electron chi connectivity index (χ4n) is 5.43. The summed E-state index contributed by atoms with van der Waals surface area (Å²) < 4.78 is 53.2. The minimum Gasteiger partial charge on any atom is -0.497 e. The molecule has 1 aliphatic rings. The second kappa shape index (κ2) is 11.2. The van der Waals surface area contributed by atoms with Crippen LogP contribution >= 0.6 is 0 Å². The van der Waals surface area contributed by atoms with Gasteiger partial charge in [-0.05, 0) is 88.8 Å². The third kappa shape index (κ3) is 6.75. The van der Waals surface area contributed by atoms with Crippen molar-refractivity contribution in [1.82, 2.24) is 4.90 Å². The van der Waals surface area contributed by atoms with E-state index in [0.29, 0.717) is 42.7 Å². The van der Waals surface area contributed by atoms with Gasteiger partial charge in [0.05, 0.1) is 18.3 Å². The number of ether oxygens (including phenoxy) is 2. The molecule has 0 saturated carbocycles. The van der Waals surface area contributed by atoms with E-state index in [2.05, 4.69) is 0 Å². The molecule has 6 nitrogen and oxygen atoms in total. The number of nitrogens with zero attached hydrogens (tertiary/aromatic N) is 1. The number of benzene rings is 2. The molecule has 39 heavy (non-hydrogen) atoms. The maximum atomic E-state index is 14.0. The van der Waals surface area contributed by atoms with Crippen molar-refractivity contribution in [1.29, 1.82) is 0 Å². The average Bonchev–Trinajstić information content (AvgIpc) is 2.84. The summed E-state index contributed by atoms with van der Waals surface area (Å²) in [4.78, 5) is 26.2. The number of hydrogen-bond acceptors (Lipinski definition) is 4. The molecule has 1 amide bonds. The Morgan fingerprint density at radius 2 is 1.74 bits per heavy atom. The molecule has 0 aromatic heterocycles. The number of carboxylic acid groups (broad SMARTS) is 1. The average molecular weight is 550 g/mol. The summed E-state index contributed by atoms with van der Waals surface area (Å²) >= 11 is 0. The van der Waals surface area contributed by atoms with Crippen molar-refractivity contribution >= 4 is 11.9 Å². The highest BCUT2D eigenvalue weighted by atomic mass is 19.4. The van der Waals surface area contributed by atoms with E-state index in [4.69, 9.17) is 9.47 Å². The molecule has 0 spiro atoms. The third-order valence-corrected chi connectivity index (χ3v) is 7.83. The highest BCUT2D eigenvalue weighted by molar-refractivity contribution is 5.89. The normalized spacial score (nSPS) is 19.4. The lowest BCUT2D eigenvalue weighted by Gasteiger charge is -2.46. The zero-order chi connectivity index (χ0) is 29.2. The maximum Gasteiger partial charge on any atom is 0.402 e. The monoisotopic (exact) mass is 549 g/mol. The van der Waals surface area contributed by atoms with E-state index in [1.807, 2.05) is 38.1 Å². The van der Waals surface area contributed by atoms with E-state index in [0.717, 1.165) is 19.4 Å². The van der Waals surface area contributed by atoms with Gasteiger partial charge in [-0.15, -0.1) is 0 Å². The first-order chi connectivity index (χ1) is 18.0. The molecule has 3 rings (SSSR count). The van der Waals surface area contributed by atoms with Gasteiger partial charge in [-0.2, -0.15) is 13.2 Å². The Morgan fingerprint density at radius 3 is 2.26 bits per heavy atom. The Labute approximate surface area is 228 Å². The molecule has 1 heterocycles. The molecule has 1 unspecified atom stereocenters. The Kier molecular flexibility index (Phi) is 8.75. The van der Waals surface area contributed by atoms with Gasteiger partial charge >= 0.3 is 12.1 Å². The molecule has 1 atom stereocenters. The Hall–Kier alpha value is -3.07. The summed E-state index contributed by atoms with van der Waals surface area (Å²) in [6, 6.07) is 12.3. The number of alkyl halides is 3. The predicted molar refractivity (Wildman–Crippen MR) is 142 cm³/mol. The minimum absolute atomic E-state index is 0.0718. The van der Waals surface area contributed by atoms with Crippen LogP contribution in [0.5, 0.6) is 5.75 Å². The molecule has 1 saturated heterocycles. The van der Waals surface area contributed by atoms with Crippen molar-refractivity contribution in [2.75, 3.05) is 20.3 Å². The van der Waals surface area contributed by atoms with Crippen molar-refractivity contribution < 1.29 is 37.3 Å². The summed E-state index contributed by atoms with van der Waals surface area (Å²) in [5.41, 5.74) is -1.32. The van der Waals surface area contributed by atoms with Crippen LogP contribution < -0.4 is 4.74 Å². The van der Waals surface area contributed by atoms with E-state index >= 15 is 0 Å². The Balaban J connectivity index is 1.99. The molecule has 9 heteroatoms. The number of aromatic carboxylic acids is 1. The number of methoxy groups -OCH3 is 1. The smallest absolute Gasteiger partial charge is 0.402 e. The lowest BCUT2D eigenvalue weighted by atomic mass is 9.67. The molecular formula is C30H38F3NO5. The fraction of sp³-hybridized carbons (Fsp3) is 0.533. The molecule has 1 fully saturated rings. The molecule has 2 aromatic carbocycles. The number of rotatable bonds is 9. The zero-order valence-corrected chi connectivity index (χ0v) is 23.4. The van der Waals surface area contributed by atoms with Gasteiger partial charge in [0.15, 0.2) is 0 Å². The SMILES string of the molecule is COc1ccc(C2(CCN(Cc3ccc(C(=O)O)c(C)c3)C(=O)C(C)(C)C(F)(F)F)CCOC(C)(C)C2)cc1. The van der Waals surface area contributed by atoms with Crippen molar-refractivity contribution in [3.63, 3.8) is 0 Å². The zero-order valence-electron chi connectivity index (χ0n) is 23.4. The summed E-state index contributed by atoms with van der Waals surface area (Å²) in [5, 5.41) is 9.36. The lowest BCUT2D eigenvalue weighted by molar-refractivity contribution is -0.217. The van der Waals surface area contributed by atoms with E-state index in [1.54, 1.807) is 26.2 Å². The maximum absolute atomic E-state index is 14.0. The second-order valence-corrected chi connectivity index (χ2v) is 11.6. The highest BCUT2D eigenvalue weighted by Crippen LogP contribution is 2.45. The predicted octanol–water partition coefficient (Wildman–Crippen LogP) is 6.54. The van der Waals surface area contributed by atoms with Crippen LogP contribution in [0.15, 0.2) is 42.5 Å². The third-order valence-electron chi connectivity index (χ3n) is 7.83. The van der Waals surface area contributed by atoms with Gasteiger partial charge in [0.2, 0.25) is 5.91 Å². The number of carbonyl (C=O) groups is 2. The van der Waals surface area contributed by atoms with Crippen LogP contribution in [0, 0.1) is 12.3 Å². The van der Waals surface area contributed by atoms with Crippen LogP contribution in [0.2, 0.25) is 0 Å². The van der Waals surface area contributed by atoms with Gasteiger partial charge in [0, 0.05) is 25.1 Å². The highest BCUT2D eigenvalue weighted by Gasteiger charge is 2.54. The molecule has 1 N–H and O–H groups in total. The van der Waals surface area contributed by atoms with Crippen molar-refractivity contribution in [3.05, 3.63) is 64.7 Å². The number of amides is 1. The molecule has 1 aliphatic heterocycles. The number of aryl methyl sites for hydroxylation is 1. The quantitative estimate of drug-likeness (QED) is 0.385. The van der Waals surface area contributed by atoms with Crippen LogP contribution in [0.3, 0.4) is 0 Å². The summed E-state index contributed by atoms with van der Waals surface area (Å²) in [5.74, 6) is -1.41. The van der Waals surface area contributed by atoms with Gasteiger partial charge in [-0.3, -0.25) is 4.79 Å². The van der Waals surface area contributed by atoms with Crippen LogP contribution in [0.4, 0.5) is 13.2 Å². The van der Waals surface area contributed by atoms with Crippen LogP contribution in [-0.2, 0) is 21.5 Å². The largest absolute Gasteiger partial charge is 0.497 e. The lowest BCUT2D eigenvalue weighted by Crippen LogP contribution is -2.50. The first kappa shape index (κ1) is 30.5. The van der Waals surface area contributed by atoms with E-state index < -0.39 is 34.5 Å². The number of halogens is 3. The van der Waals surface area contributed by atoms with Crippen molar-refractivity contribution in [3.8, 4) is 5.75 Å².